The minimum absolute atomic E-state index is 0.0755. The lowest BCUT2D eigenvalue weighted by Gasteiger charge is -2.33. The molecule has 8 nitrogen and oxygen atoms in total. The zero-order valence-corrected chi connectivity index (χ0v) is 15.5. The number of nitrogens with one attached hydrogen (secondary N) is 1. The highest BCUT2D eigenvalue weighted by atomic mass is 16.5. The number of hydrogen-bond donors (Lipinski definition) is 2. The topological polar surface area (TPSA) is 105 Å². The molecule has 0 spiro atoms. The number of benzene rings is 1. The zero-order valence-electron chi connectivity index (χ0n) is 15.5. The van der Waals surface area contributed by atoms with Gasteiger partial charge in [-0.15, -0.1) is 0 Å². The smallest absolute Gasteiger partial charge is 0.253 e. The Morgan fingerprint density at radius 1 is 1.33 bits per heavy atom. The first-order valence-electron chi connectivity index (χ1n) is 9.24. The number of likely N-dealkylation sites (N-methyl/N-ethyl adjacent to an activating group) is 1. The van der Waals surface area contributed by atoms with E-state index in [4.69, 9.17) is 10.5 Å². The van der Waals surface area contributed by atoms with E-state index in [1.54, 1.807) is 41.1 Å². The van der Waals surface area contributed by atoms with Gasteiger partial charge in [-0.05, 0) is 50.1 Å². The van der Waals surface area contributed by atoms with Crippen molar-refractivity contribution in [3.8, 4) is 0 Å². The van der Waals surface area contributed by atoms with Crippen molar-refractivity contribution in [1.29, 1.82) is 0 Å². The number of carbonyl (C=O) groups excluding carboxylic acids is 3. The highest BCUT2D eigenvalue weighted by Gasteiger charge is 2.31. The van der Waals surface area contributed by atoms with E-state index in [-0.39, 0.29) is 12.5 Å². The summed E-state index contributed by atoms with van der Waals surface area (Å²) in [6, 6.07) is 5.93. The second-order valence-electron chi connectivity index (χ2n) is 7.18. The van der Waals surface area contributed by atoms with Gasteiger partial charge in [-0.3, -0.25) is 19.3 Å². The summed E-state index contributed by atoms with van der Waals surface area (Å²) in [5.41, 5.74) is 6.76. The van der Waals surface area contributed by atoms with Crippen LogP contribution < -0.4 is 16.0 Å². The van der Waals surface area contributed by atoms with E-state index in [2.05, 4.69) is 5.32 Å². The molecule has 8 heteroatoms. The maximum Gasteiger partial charge on any atom is 0.253 e. The average molecular weight is 374 g/mol. The first-order chi connectivity index (χ1) is 13.0. The fourth-order valence-corrected chi connectivity index (χ4v) is 3.46. The number of nitrogens with zero attached hydrogens (tertiary/aromatic N) is 2. The number of nitrogens with two attached hydrogens (primary N) is 1. The first kappa shape index (κ1) is 19.3. The number of primary amides is 1. The van der Waals surface area contributed by atoms with Crippen LogP contribution in [0.3, 0.4) is 0 Å². The van der Waals surface area contributed by atoms with Crippen LogP contribution in [-0.2, 0) is 19.1 Å². The molecule has 2 fully saturated rings. The van der Waals surface area contributed by atoms with Gasteiger partial charge >= 0.3 is 0 Å². The van der Waals surface area contributed by atoms with Gasteiger partial charge in [0.25, 0.3) is 11.8 Å². The van der Waals surface area contributed by atoms with Crippen LogP contribution in [0.25, 0.3) is 0 Å². The number of anilines is 2. The second-order valence-corrected chi connectivity index (χ2v) is 7.18. The predicted molar refractivity (Wildman–Crippen MR) is 101 cm³/mol. The molecule has 1 aromatic carbocycles. The number of ether oxygens (including phenoxy) is 1. The minimum atomic E-state index is -1.01. The summed E-state index contributed by atoms with van der Waals surface area (Å²) in [7, 11) is 1.75. The summed E-state index contributed by atoms with van der Waals surface area (Å²) in [6.07, 6.45) is 3.45. The maximum absolute atomic E-state index is 12.6. The number of amides is 3. The minimum Gasteiger partial charge on any atom is -0.370 e. The normalized spacial score (nSPS) is 18.9. The second kappa shape index (κ2) is 8.49. The Morgan fingerprint density at radius 3 is 2.59 bits per heavy atom. The fourth-order valence-electron chi connectivity index (χ4n) is 3.46. The maximum atomic E-state index is 12.6. The Balaban J connectivity index is 1.62. The Bertz CT molecular complexity index is 702. The molecular weight excluding hydrogens is 348 g/mol. The molecule has 1 heterocycles. The van der Waals surface area contributed by atoms with Crippen LogP contribution in [0.5, 0.6) is 0 Å². The van der Waals surface area contributed by atoms with Crippen LogP contribution >= 0.6 is 0 Å². The van der Waals surface area contributed by atoms with E-state index in [9.17, 15) is 14.4 Å². The van der Waals surface area contributed by atoms with Crippen LogP contribution in [0, 0.1) is 5.92 Å². The van der Waals surface area contributed by atoms with Gasteiger partial charge < -0.3 is 20.7 Å². The van der Waals surface area contributed by atoms with Gasteiger partial charge in [0.1, 0.15) is 6.61 Å². The van der Waals surface area contributed by atoms with Gasteiger partial charge in [-0.2, -0.15) is 0 Å². The van der Waals surface area contributed by atoms with Gasteiger partial charge in [0.15, 0.2) is 6.04 Å². The van der Waals surface area contributed by atoms with Crippen molar-refractivity contribution in [3.63, 3.8) is 0 Å². The summed E-state index contributed by atoms with van der Waals surface area (Å²) < 4.78 is 5.12. The SMILES string of the molecule is CN(CC1CCC1)[C@H](C(N)=O)C(=O)Nc1ccc(N2CCOCC2=O)cc1. The van der Waals surface area contributed by atoms with Crippen molar-refractivity contribution in [1.82, 2.24) is 4.90 Å². The summed E-state index contributed by atoms with van der Waals surface area (Å²) in [5.74, 6) is -0.677. The van der Waals surface area contributed by atoms with E-state index < -0.39 is 17.9 Å². The Morgan fingerprint density at radius 2 is 2.04 bits per heavy atom. The Labute approximate surface area is 158 Å². The Kier molecular flexibility index (Phi) is 6.08. The molecule has 146 valence electrons. The fraction of sp³-hybridized carbons (Fsp3) is 0.526. The number of hydrogen-bond acceptors (Lipinski definition) is 5. The Hall–Kier alpha value is -2.45. The molecule has 1 saturated carbocycles. The molecule has 0 bridgehead atoms. The monoisotopic (exact) mass is 374 g/mol. The molecule has 3 rings (SSSR count). The van der Waals surface area contributed by atoms with E-state index in [0.717, 1.165) is 18.5 Å². The standard InChI is InChI=1S/C19H26N4O4/c1-22(11-13-3-2-4-13)17(18(20)25)19(26)21-14-5-7-15(8-6-14)23-9-10-27-12-16(23)24/h5-8,13,17H,2-4,9-12H2,1H3,(H2,20,25)(H,21,26)/t17-/m1/s1. The third-order valence-corrected chi connectivity index (χ3v) is 5.16. The molecule has 3 amide bonds. The quantitative estimate of drug-likeness (QED) is 0.679. The summed E-state index contributed by atoms with van der Waals surface area (Å²) in [5, 5.41) is 2.75. The molecule has 2 aliphatic rings. The van der Waals surface area contributed by atoms with E-state index in [0.29, 0.717) is 31.3 Å². The number of carbonyl (C=O) groups is 3. The molecule has 1 aliphatic carbocycles. The number of morpholine rings is 1. The summed E-state index contributed by atoms with van der Waals surface area (Å²) >= 11 is 0. The predicted octanol–water partition coefficient (Wildman–Crippen LogP) is 0.574. The molecular formula is C19H26N4O4. The van der Waals surface area contributed by atoms with Crippen molar-refractivity contribution >= 4 is 29.1 Å². The summed E-state index contributed by atoms with van der Waals surface area (Å²) in [6.45, 7) is 1.75. The van der Waals surface area contributed by atoms with Crippen molar-refractivity contribution < 1.29 is 19.1 Å². The molecule has 0 radical (unpaired) electrons. The average Bonchev–Trinajstić information content (AvgIpc) is 2.59. The van der Waals surface area contributed by atoms with Crippen LogP contribution in [0.2, 0.25) is 0 Å². The molecule has 27 heavy (non-hydrogen) atoms. The van der Waals surface area contributed by atoms with Crippen LogP contribution in [0.1, 0.15) is 19.3 Å². The highest BCUT2D eigenvalue weighted by molar-refractivity contribution is 6.09. The molecule has 1 saturated heterocycles. The summed E-state index contributed by atoms with van der Waals surface area (Å²) in [4.78, 5) is 39.7. The first-order valence-corrected chi connectivity index (χ1v) is 9.24. The lowest BCUT2D eigenvalue weighted by atomic mass is 9.85. The number of rotatable bonds is 7. The van der Waals surface area contributed by atoms with Gasteiger partial charge in [-0.25, -0.2) is 0 Å². The van der Waals surface area contributed by atoms with Gasteiger partial charge in [0.05, 0.1) is 6.61 Å². The van der Waals surface area contributed by atoms with E-state index in [1.165, 1.54) is 6.42 Å². The van der Waals surface area contributed by atoms with Crippen molar-refractivity contribution in [2.75, 3.05) is 43.6 Å². The van der Waals surface area contributed by atoms with E-state index in [1.807, 2.05) is 0 Å². The molecule has 1 aromatic rings. The molecule has 3 N–H and O–H groups in total. The van der Waals surface area contributed by atoms with Gasteiger partial charge in [0, 0.05) is 24.5 Å². The van der Waals surface area contributed by atoms with Crippen molar-refractivity contribution in [2.24, 2.45) is 11.7 Å². The molecule has 1 atom stereocenters. The lowest BCUT2D eigenvalue weighted by molar-refractivity contribution is -0.132. The van der Waals surface area contributed by atoms with Crippen molar-refractivity contribution in [2.45, 2.75) is 25.3 Å². The van der Waals surface area contributed by atoms with Gasteiger partial charge in [-0.1, -0.05) is 6.42 Å². The lowest BCUT2D eigenvalue weighted by Crippen LogP contribution is -2.52. The third-order valence-electron chi connectivity index (χ3n) is 5.16. The molecule has 1 aliphatic heterocycles. The van der Waals surface area contributed by atoms with E-state index >= 15 is 0 Å². The van der Waals surface area contributed by atoms with Gasteiger partial charge in [0.2, 0.25) is 5.91 Å². The largest absolute Gasteiger partial charge is 0.370 e. The van der Waals surface area contributed by atoms with Crippen LogP contribution in [0.15, 0.2) is 24.3 Å². The van der Waals surface area contributed by atoms with Crippen LogP contribution in [-0.4, -0.2) is 62.0 Å². The molecule has 0 aromatic heterocycles. The molecule has 0 unspecified atom stereocenters. The van der Waals surface area contributed by atoms with Crippen molar-refractivity contribution in [3.05, 3.63) is 24.3 Å². The third kappa shape index (κ3) is 4.64. The van der Waals surface area contributed by atoms with Crippen LogP contribution in [0.4, 0.5) is 11.4 Å². The highest BCUT2D eigenvalue weighted by Crippen LogP contribution is 2.27. The zero-order chi connectivity index (χ0) is 19.4.